The van der Waals surface area contributed by atoms with Crippen LogP contribution in [0.2, 0.25) is 0 Å². The molecule has 0 spiro atoms. The first-order valence-corrected chi connectivity index (χ1v) is 8.49. The second kappa shape index (κ2) is 7.75. The molecule has 5 nitrogen and oxygen atoms in total. The lowest BCUT2D eigenvalue weighted by Gasteiger charge is -2.25. The number of aromatic nitrogens is 1. The quantitative estimate of drug-likeness (QED) is 0.780. The Bertz CT molecular complexity index is 475. The van der Waals surface area contributed by atoms with Crippen molar-refractivity contribution < 1.29 is 9.90 Å². The number of hydrogen-bond donors (Lipinski definition) is 3. The number of urea groups is 1. The van der Waals surface area contributed by atoms with Gasteiger partial charge in [-0.2, -0.15) is 0 Å². The van der Waals surface area contributed by atoms with Gasteiger partial charge < -0.3 is 15.7 Å². The maximum Gasteiger partial charge on any atom is 0.314 e. The van der Waals surface area contributed by atoms with Crippen LogP contribution < -0.4 is 10.6 Å². The lowest BCUT2D eigenvalue weighted by Crippen LogP contribution is -2.40. The molecular weight excluding hydrogens is 286 g/mol. The van der Waals surface area contributed by atoms with Gasteiger partial charge in [-0.25, -0.2) is 9.78 Å². The number of aryl methyl sites for hydroxylation is 2. The van der Waals surface area contributed by atoms with Crippen molar-refractivity contribution in [3.63, 3.8) is 0 Å². The molecular formula is C15H25N3O2S. The van der Waals surface area contributed by atoms with Gasteiger partial charge in [0.2, 0.25) is 0 Å². The van der Waals surface area contributed by atoms with Crippen LogP contribution in [0.3, 0.4) is 0 Å². The molecule has 0 radical (unpaired) electrons. The van der Waals surface area contributed by atoms with Gasteiger partial charge in [0.1, 0.15) is 0 Å². The van der Waals surface area contributed by atoms with Gasteiger partial charge >= 0.3 is 6.03 Å². The lowest BCUT2D eigenvalue weighted by atomic mass is 9.87. The molecule has 0 bridgehead atoms. The van der Waals surface area contributed by atoms with Crippen molar-refractivity contribution in [2.75, 3.05) is 13.1 Å². The van der Waals surface area contributed by atoms with Gasteiger partial charge in [-0.05, 0) is 39.0 Å². The minimum absolute atomic E-state index is 0.117. The van der Waals surface area contributed by atoms with Crippen LogP contribution >= 0.6 is 11.3 Å². The summed E-state index contributed by atoms with van der Waals surface area (Å²) in [5, 5.41) is 16.5. The van der Waals surface area contributed by atoms with Crippen LogP contribution in [-0.2, 0) is 6.42 Å². The van der Waals surface area contributed by atoms with Gasteiger partial charge in [0.15, 0.2) is 0 Å². The summed E-state index contributed by atoms with van der Waals surface area (Å²) in [6, 6.07) is -0.117. The van der Waals surface area contributed by atoms with E-state index in [9.17, 15) is 9.90 Å². The highest BCUT2D eigenvalue weighted by Crippen LogP contribution is 2.23. The first-order chi connectivity index (χ1) is 10.0. The van der Waals surface area contributed by atoms with Gasteiger partial charge in [-0.3, -0.25) is 0 Å². The number of aliphatic hydroxyl groups is 1. The Balaban J connectivity index is 1.62. The Hall–Kier alpha value is -1.14. The van der Waals surface area contributed by atoms with E-state index in [2.05, 4.69) is 15.6 Å². The molecule has 21 heavy (non-hydrogen) atoms. The third-order valence-electron chi connectivity index (χ3n) is 3.94. The molecule has 1 aromatic rings. The molecule has 0 aliphatic heterocycles. The van der Waals surface area contributed by atoms with E-state index in [1.165, 1.54) is 4.88 Å². The Kier molecular flexibility index (Phi) is 5.99. The Morgan fingerprint density at radius 2 is 2.19 bits per heavy atom. The van der Waals surface area contributed by atoms with E-state index < -0.39 is 0 Å². The zero-order chi connectivity index (χ0) is 15.2. The Labute approximate surface area is 130 Å². The molecule has 6 heteroatoms. The van der Waals surface area contributed by atoms with Crippen molar-refractivity contribution >= 4 is 17.4 Å². The topological polar surface area (TPSA) is 74.2 Å². The second-order valence-electron chi connectivity index (χ2n) is 5.81. The fourth-order valence-electron chi connectivity index (χ4n) is 2.84. The van der Waals surface area contributed by atoms with E-state index >= 15 is 0 Å². The maximum atomic E-state index is 11.8. The van der Waals surface area contributed by atoms with Crippen LogP contribution in [-0.4, -0.2) is 35.3 Å². The first kappa shape index (κ1) is 16.2. The summed E-state index contributed by atoms with van der Waals surface area (Å²) < 4.78 is 0. The molecule has 0 saturated heterocycles. The van der Waals surface area contributed by atoms with Crippen LogP contribution in [0.5, 0.6) is 0 Å². The number of hydrogen-bond acceptors (Lipinski definition) is 4. The fraction of sp³-hybridized carbons (Fsp3) is 0.733. The lowest BCUT2D eigenvalue weighted by molar-refractivity contribution is 0.101. The molecule has 2 unspecified atom stereocenters. The fourth-order valence-corrected chi connectivity index (χ4v) is 3.78. The molecule has 1 fully saturated rings. The molecule has 1 aliphatic rings. The van der Waals surface area contributed by atoms with E-state index in [0.717, 1.165) is 42.8 Å². The third-order valence-corrected chi connectivity index (χ3v) is 5.08. The number of nitrogens with one attached hydrogen (secondary N) is 2. The standard InChI is InChI=1S/C15H25N3O2S/c1-10-14(21-11(2)18-10)6-7-16-15(20)17-9-12-4-3-5-13(19)8-12/h12-13,19H,3-9H2,1-2H3,(H2,16,17,20). The largest absolute Gasteiger partial charge is 0.393 e. The molecule has 1 saturated carbocycles. The number of carbonyl (C=O) groups is 1. The summed E-state index contributed by atoms with van der Waals surface area (Å²) >= 11 is 1.69. The number of rotatable bonds is 5. The molecule has 2 rings (SSSR count). The zero-order valence-electron chi connectivity index (χ0n) is 12.8. The van der Waals surface area contributed by atoms with E-state index in [1.54, 1.807) is 11.3 Å². The normalized spacial score (nSPS) is 22.0. The van der Waals surface area contributed by atoms with Crippen molar-refractivity contribution in [1.82, 2.24) is 15.6 Å². The molecule has 0 aromatic carbocycles. The summed E-state index contributed by atoms with van der Waals surface area (Å²) in [6.45, 7) is 5.29. The molecule has 1 aromatic heterocycles. The van der Waals surface area contributed by atoms with Crippen molar-refractivity contribution in [1.29, 1.82) is 0 Å². The predicted molar refractivity (Wildman–Crippen MR) is 84.7 cm³/mol. The molecule has 2 amide bonds. The molecule has 118 valence electrons. The Morgan fingerprint density at radius 1 is 1.38 bits per heavy atom. The average molecular weight is 311 g/mol. The monoisotopic (exact) mass is 311 g/mol. The summed E-state index contributed by atoms with van der Waals surface area (Å²) in [6.07, 6.45) is 4.49. The molecule has 3 N–H and O–H groups in total. The highest BCUT2D eigenvalue weighted by molar-refractivity contribution is 7.11. The summed E-state index contributed by atoms with van der Waals surface area (Å²) in [7, 11) is 0. The highest BCUT2D eigenvalue weighted by Gasteiger charge is 2.20. The van der Waals surface area contributed by atoms with Crippen LogP contribution in [0.15, 0.2) is 0 Å². The van der Waals surface area contributed by atoms with E-state index in [4.69, 9.17) is 0 Å². The first-order valence-electron chi connectivity index (χ1n) is 7.67. The highest BCUT2D eigenvalue weighted by atomic mass is 32.1. The van der Waals surface area contributed by atoms with Crippen LogP contribution in [0.1, 0.15) is 41.3 Å². The second-order valence-corrected chi connectivity index (χ2v) is 7.10. The van der Waals surface area contributed by atoms with Crippen LogP contribution in [0.4, 0.5) is 4.79 Å². The van der Waals surface area contributed by atoms with Crippen molar-refractivity contribution in [3.05, 3.63) is 15.6 Å². The number of nitrogens with zero attached hydrogens (tertiary/aromatic N) is 1. The van der Waals surface area contributed by atoms with Gasteiger partial charge in [0.25, 0.3) is 0 Å². The van der Waals surface area contributed by atoms with Crippen molar-refractivity contribution in [3.8, 4) is 0 Å². The number of amides is 2. The summed E-state index contributed by atoms with van der Waals surface area (Å²) in [4.78, 5) is 17.4. The third kappa shape index (κ3) is 5.28. The Morgan fingerprint density at radius 3 is 2.86 bits per heavy atom. The molecule has 1 heterocycles. The molecule has 2 atom stereocenters. The van der Waals surface area contributed by atoms with Crippen LogP contribution in [0.25, 0.3) is 0 Å². The summed E-state index contributed by atoms with van der Waals surface area (Å²) in [5.74, 6) is 0.408. The van der Waals surface area contributed by atoms with Crippen LogP contribution in [0, 0.1) is 19.8 Å². The predicted octanol–water partition coefficient (Wildman–Crippen LogP) is 2.15. The maximum absolute atomic E-state index is 11.8. The van der Waals surface area contributed by atoms with Gasteiger partial charge in [-0.15, -0.1) is 11.3 Å². The van der Waals surface area contributed by atoms with Crippen molar-refractivity contribution in [2.45, 2.75) is 52.1 Å². The van der Waals surface area contributed by atoms with Gasteiger partial charge in [0.05, 0.1) is 16.8 Å². The van der Waals surface area contributed by atoms with Gasteiger partial charge in [0, 0.05) is 24.4 Å². The number of thiazole rings is 1. The minimum atomic E-state index is -0.189. The number of aliphatic hydroxyl groups excluding tert-OH is 1. The van der Waals surface area contributed by atoms with Gasteiger partial charge in [-0.1, -0.05) is 6.42 Å². The SMILES string of the molecule is Cc1nc(C)c(CCNC(=O)NCC2CCCC(O)C2)s1. The smallest absolute Gasteiger partial charge is 0.314 e. The van der Waals surface area contributed by atoms with Crippen molar-refractivity contribution in [2.24, 2.45) is 5.92 Å². The van der Waals surface area contributed by atoms with E-state index in [0.29, 0.717) is 19.0 Å². The van der Waals surface area contributed by atoms with E-state index in [1.807, 2.05) is 13.8 Å². The summed E-state index contributed by atoms with van der Waals surface area (Å²) in [5.41, 5.74) is 1.07. The molecule has 1 aliphatic carbocycles. The number of carbonyl (C=O) groups excluding carboxylic acids is 1. The van der Waals surface area contributed by atoms with E-state index in [-0.39, 0.29) is 12.1 Å². The average Bonchev–Trinajstić information content (AvgIpc) is 2.75. The zero-order valence-corrected chi connectivity index (χ0v) is 13.6. The minimum Gasteiger partial charge on any atom is -0.393 e.